The van der Waals surface area contributed by atoms with E-state index in [9.17, 15) is 32.4 Å². The molecule has 0 aromatic rings. The van der Waals surface area contributed by atoms with E-state index in [1.165, 1.54) is 0 Å². The largest absolute Gasteiger partial charge is 0.363 e. The van der Waals surface area contributed by atoms with Gasteiger partial charge in [-0.25, -0.2) is 13.2 Å². The van der Waals surface area contributed by atoms with Crippen LogP contribution in [0.3, 0.4) is 0 Å². The van der Waals surface area contributed by atoms with Crippen molar-refractivity contribution in [3.8, 4) is 0 Å². The van der Waals surface area contributed by atoms with Gasteiger partial charge in [-0.2, -0.15) is 0 Å². The van der Waals surface area contributed by atoms with Crippen LogP contribution in [0.25, 0.3) is 0 Å². The first-order valence-electron chi connectivity index (χ1n) is 19.1. The molecule has 13 heteroatoms. The topological polar surface area (TPSA) is 185 Å². The predicted molar refractivity (Wildman–Crippen MR) is 190 cm³/mol. The smallest absolute Gasteiger partial charge is 0.315 e. The fourth-order valence-electron chi connectivity index (χ4n) is 9.29. The van der Waals surface area contributed by atoms with Crippen LogP contribution in [-0.2, 0) is 29.0 Å². The van der Waals surface area contributed by atoms with E-state index < -0.39 is 61.9 Å². The number of urea groups is 1. The van der Waals surface area contributed by atoms with E-state index in [1.807, 2.05) is 0 Å². The van der Waals surface area contributed by atoms with Crippen molar-refractivity contribution in [2.24, 2.45) is 34.8 Å². The molecule has 0 aromatic heterocycles. The van der Waals surface area contributed by atoms with E-state index in [-0.39, 0.29) is 40.7 Å². The van der Waals surface area contributed by atoms with Gasteiger partial charge >= 0.3 is 6.03 Å². The van der Waals surface area contributed by atoms with Gasteiger partial charge in [-0.05, 0) is 94.8 Å². The Hall–Kier alpha value is -2.70. The number of carbonyl (C=O) groups is 5. The van der Waals surface area contributed by atoms with Crippen molar-refractivity contribution in [2.45, 2.75) is 159 Å². The van der Waals surface area contributed by atoms with Crippen LogP contribution in [0.15, 0.2) is 0 Å². The zero-order valence-corrected chi connectivity index (χ0v) is 31.7. The van der Waals surface area contributed by atoms with Gasteiger partial charge in [0.05, 0.1) is 22.1 Å². The summed E-state index contributed by atoms with van der Waals surface area (Å²) in [4.78, 5) is 69.4. The van der Waals surface area contributed by atoms with Crippen LogP contribution in [0.1, 0.15) is 131 Å². The van der Waals surface area contributed by atoms with Crippen LogP contribution in [-0.4, -0.2) is 83.6 Å². The lowest BCUT2D eigenvalue weighted by Gasteiger charge is -2.41. The zero-order valence-electron chi connectivity index (χ0n) is 30.9. The molecule has 1 unspecified atom stereocenters. The number of nitrogens with one attached hydrogen (secondary N) is 3. The van der Waals surface area contributed by atoms with Gasteiger partial charge in [-0.3, -0.25) is 19.2 Å². The Balaban J connectivity index is 1.41. The molecule has 50 heavy (non-hydrogen) atoms. The number of sulfone groups is 1. The van der Waals surface area contributed by atoms with Crippen molar-refractivity contribution in [3.05, 3.63) is 0 Å². The first kappa shape index (κ1) is 38.5. The molecule has 1 heterocycles. The van der Waals surface area contributed by atoms with E-state index in [4.69, 9.17) is 5.73 Å². The normalized spacial score (nSPS) is 27.9. The average Bonchev–Trinajstić information content (AvgIpc) is 3.69. The van der Waals surface area contributed by atoms with Gasteiger partial charge in [0.1, 0.15) is 12.1 Å². The number of hydrogen-bond donors (Lipinski definition) is 4. The molecule has 1 aliphatic heterocycles. The Kier molecular flexibility index (Phi) is 11.4. The van der Waals surface area contributed by atoms with E-state index in [1.54, 1.807) is 25.7 Å². The summed E-state index contributed by atoms with van der Waals surface area (Å²) in [5, 5.41) is 8.96. The number of fused-ring (bicyclic) bond motifs is 1. The highest BCUT2D eigenvalue weighted by atomic mass is 32.2. The summed E-state index contributed by atoms with van der Waals surface area (Å²) in [7, 11) is -3.56. The van der Waals surface area contributed by atoms with Crippen LogP contribution in [0.5, 0.6) is 0 Å². The second-order valence-electron chi connectivity index (χ2n) is 17.9. The maximum absolute atomic E-state index is 14.9. The van der Waals surface area contributed by atoms with Crippen LogP contribution < -0.4 is 21.7 Å². The van der Waals surface area contributed by atoms with Crippen molar-refractivity contribution in [3.63, 3.8) is 0 Å². The van der Waals surface area contributed by atoms with Crippen LogP contribution in [0.4, 0.5) is 4.79 Å². The first-order valence-corrected chi connectivity index (χ1v) is 20.7. The van der Waals surface area contributed by atoms with Gasteiger partial charge in [0.25, 0.3) is 5.91 Å². The fraction of sp³-hybridized carbons (Fsp3) is 0.865. The quantitative estimate of drug-likeness (QED) is 0.221. The Morgan fingerprint density at radius 1 is 0.860 bits per heavy atom. The molecule has 1 saturated heterocycles. The summed E-state index contributed by atoms with van der Waals surface area (Å²) >= 11 is 0. The molecule has 0 radical (unpaired) electrons. The molecule has 12 nitrogen and oxygen atoms in total. The number of primary amides is 1. The minimum atomic E-state index is -3.56. The molecule has 0 aromatic carbocycles. The summed E-state index contributed by atoms with van der Waals surface area (Å²) in [6.45, 7) is 9.70. The molecule has 0 spiro atoms. The predicted octanol–water partition coefficient (Wildman–Crippen LogP) is 3.75. The van der Waals surface area contributed by atoms with Crippen LogP contribution in [0, 0.1) is 29.1 Å². The maximum atomic E-state index is 14.9. The monoisotopic (exact) mass is 719 g/mol. The molecule has 4 aliphatic carbocycles. The lowest BCUT2D eigenvalue weighted by molar-refractivity contribution is -0.143. The molecular weight excluding hydrogens is 659 g/mol. The van der Waals surface area contributed by atoms with Gasteiger partial charge in [-0.1, -0.05) is 65.2 Å². The highest BCUT2D eigenvalue weighted by Crippen LogP contribution is 2.53. The number of nitrogens with zero attached hydrogens (tertiary/aromatic N) is 1. The summed E-state index contributed by atoms with van der Waals surface area (Å²) in [6, 6.07) is -3.35. The second-order valence-corrected chi connectivity index (χ2v) is 20.6. The summed E-state index contributed by atoms with van der Waals surface area (Å²) in [6.07, 6.45) is 11.8. The average molecular weight is 720 g/mol. The first-order chi connectivity index (χ1) is 23.3. The van der Waals surface area contributed by atoms with Gasteiger partial charge in [0.2, 0.25) is 17.6 Å². The fourth-order valence-corrected chi connectivity index (χ4v) is 10.8. The van der Waals surface area contributed by atoms with Gasteiger partial charge in [0.15, 0.2) is 9.84 Å². The van der Waals surface area contributed by atoms with E-state index >= 15 is 0 Å². The van der Waals surface area contributed by atoms with Crippen LogP contribution >= 0.6 is 0 Å². The van der Waals surface area contributed by atoms with Gasteiger partial charge < -0.3 is 26.6 Å². The lowest BCUT2D eigenvalue weighted by atomic mass is 9.79. The number of Topliss-reactive ketones (excluding diaryl/α,β-unsaturated/α-hetero) is 1. The molecule has 5 fully saturated rings. The number of likely N-dealkylation sites (tertiary alicyclic amines) is 1. The highest BCUT2D eigenvalue weighted by molar-refractivity contribution is 7.92. The maximum Gasteiger partial charge on any atom is 0.315 e. The van der Waals surface area contributed by atoms with Crippen molar-refractivity contribution < 1.29 is 32.4 Å². The second kappa shape index (κ2) is 14.7. The number of carbonyl (C=O) groups excluding carboxylic acids is 5. The highest BCUT2D eigenvalue weighted by Gasteiger charge is 2.57. The van der Waals surface area contributed by atoms with Crippen molar-refractivity contribution >= 4 is 39.4 Å². The third kappa shape index (κ3) is 8.49. The molecule has 5 N–H and O–H groups in total. The van der Waals surface area contributed by atoms with Crippen molar-refractivity contribution in [1.29, 1.82) is 0 Å². The van der Waals surface area contributed by atoms with E-state index in [0.717, 1.165) is 77.0 Å². The van der Waals surface area contributed by atoms with Crippen molar-refractivity contribution in [2.75, 3.05) is 12.3 Å². The molecular formula is C37H61N5O7S. The summed E-state index contributed by atoms with van der Waals surface area (Å²) in [5.41, 5.74) is 4.32. The number of rotatable bonds is 12. The SMILES string of the molecule is CC1(C)CC[C@@H]2[C@@H](C(=O)NC(CC3CC3)C(=O)C(N)=O)N(C(=O)[C@@H](NC(=O)NC3(CS(=O)(=O)C(C)(C)C)CCCCC3)C3CCCCC3)C[C@@H]21. The van der Waals surface area contributed by atoms with Crippen LogP contribution in [0.2, 0.25) is 0 Å². The minimum absolute atomic E-state index is 0.0462. The third-order valence-electron chi connectivity index (χ3n) is 12.7. The number of nitrogens with two attached hydrogens (primary N) is 1. The summed E-state index contributed by atoms with van der Waals surface area (Å²) in [5.74, 6) is -2.84. The van der Waals surface area contributed by atoms with Gasteiger partial charge in [-0.15, -0.1) is 0 Å². The summed E-state index contributed by atoms with van der Waals surface area (Å²) < 4.78 is 25.8. The standard InChI is InChI=1S/C37H61N5O7S/c1-35(2,3)50(48,49)22-37(17-10-7-11-18-37)41-34(47)40-28(24-12-8-6-9-13-24)33(46)42-21-26-25(16-19-36(26,4)5)29(42)32(45)39-27(20-23-14-15-23)30(43)31(38)44/h23-29H,6-22H2,1-5H3,(H2,38,44)(H,39,45)(H2,40,41,47)/t25-,26-,27?,28-,29-/m0/s1. The molecule has 282 valence electrons. The van der Waals surface area contributed by atoms with E-state index in [0.29, 0.717) is 25.8 Å². The Bertz CT molecular complexity index is 1420. The van der Waals surface area contributed by atoms with Gasteiger partial charge in [0, 0.05) is 6.54 Å². The Morgan fingerprint density at radius 3 is 2.06 bits per heavy atom. The molecule has 0 bridgehead atoms. The third-order valence-corrected chi connectivity index (χ3v) is 15.5. The Morgan fingerprint density at radius 2 is 1.48 bits per heavy atom. The molecule has 4 saturated carbocycles. The Labute approximate surface area is 298 Å². The molecule has 5 rings (SSSR count). The molecule has 5 amide bonds. The number of amides is 5. The van der Waals surface area contributed by atoms with E-state index in [2.05, 4.69) is 29.8 Å². The lowest BCUT2D eigenvalue weighted by Crippen LogP contribution is -2.63. The molecule has 5 aliphatic rings. The number of ketones is 1. The zero-order chi connectivity index (χ0) is 36.6. The minimum Gasteiger partial charge on any atom is -0.363 e. The number of hydrogen-bond acceptors (Lipinski definition) is 7. The molecule has 5 atom stereocenters. The van der Waals surface area contributed by atoms with Crippen molar-refractivity contribution in [1.82, 2.24) is 20.9 Å².